The van der Waals surface area contributed by atoms with E-state index in [2.05, 4.69) is 28.6 Å². The lowest BCUT2D eigenvalue weighted by atomic mass is 9.90. The molecule has 5 rings (SSSR count). The molecule has 8 nitrogen and oxygen atoms in total. The molecule has 9 heteroatoms. The summed E-state index contributed by atoms with van der Waals surface area (Å²) in [5, 5.41) is 9.52. The number of aliphatic hydroxyl groups is 1. The van der Waals surface area contributed by atoms with Gasteiger partial charge in [-0.25, -0.2) is 8.42 Å². The highest BCUT2D eigenvalue weighted by Crippen LogP contribution is 2.42. The Hall–Kier alpha value is -3.60. The number of aliphatic hydroxyl groups excluding tert-OH is 1. The Morgan fingerprint density at radius 3 is 2.38 bits per heavy atom. The van der Waals surface area contributed by atoms with Crippen molar-refractivity contribution in [2.75, 3.05) is 24.9 Å². The Labute approximate surface area is 248 Å². The third kappa shape index (κ3) is 7.42. The Balaban J connectivity index is 1.37. The van der Waals surface area contributed by atoms with Crippen molar-refractivity contribution in [1.82, 2.24) is 9.88 Å². The summed E-state index contributed by atoms with van der Waals surface area (Å²) in [4.78, 5) is 6.87. The number of hydrogen-bond donors (Lipinski definition) is 2. The molecule has 4 atom stereocenters. The van der Waals surface area contributed by atoms with E-state index in [4.69, 9.17) is 9.47 Å². The van der Waals surface area contributed by atoms with Gasteiger partial charge in [0.25, 0.3) is 10.0 Å². The molecular formula is C33H37N3O5S. The van der Waals surface area contributed by atoms with Gasteiger partial charge in [-0.15, -0.1) is 0 Å². The molecule has 0 saturated carbocycles. The Morgan fingerprint density at radius 2 is 1.67 bits per heavy atom. The zero-order valence-electron chi connectivity index (χ0n) is 23.8. The minimum Gasteiger partial charge on any atom is -0.392 e. The van der Waals surface area contributed by atoms with Crippen molar-refractivity contribution in [2.24, 2.45) is 5.92 Å². The van der Waals surface area contributed by atoms with Crippen molar-refractivity contribution in [2.45, 2.75) is 43.3 Å². The zero-order chi connectivity index (χ0) is 29.5. The number of aromatic nitrogens is 1. The van der Waals surface area contributed by atoms with E-state index in [9.17, 15) is 13.5 Å². The normalized spacial score (nSPS) is 20.9. The van der Waals surface area contributed by atoms with Crippen LogP contribution < -0.4 is 4.72 Å². The van der Waals surface area contributed by atoms with Crippen LogP contribution in [0.3, 0.4) is 0 Å². The predicted molar refractivity (Wildman–Crippen MR) is 162 cm³/mol. The summed E-state index contributed by atoms with van der Waals surface area (Å²) >= 11 is 0. The highest BCUT2D eigenvalue weighted by molar-refractivity contribution is 7.92. The number of nitrogens with zero attached hydrogens (tertiary/aromatic N) is 2. The molecule has 42 heavy (non-hydrogen) atoms. The van der Waals surface area contributed by atoms with Gasteiger partial charge in [-0.3, -0.25) is 9.71 Å². The molecule has 1 aliphatic heterocycles. The third-order valence-corrected chi connectivity index (χ3v) is 8.95. The first kappa shape index (κ1) is 29.9. The van der Waals surface area contributed by atoms with Crippen molar-refractivity contribution in [3.8, 4) is 0 Å². The molecule has 1 saturated heterocycles. The molecule has 3 aromatic carbocycles. The number of ether oxygens (including phenoxy) is 2. The summed E-state index contributed by atoms with van der Waals surface area (Å²) in [6, 6.07) is 29.2. The van der Waals surface area contributed by atoms with Crippen LogP contribution in [0.4, 0.5) is 5.69 Å². The highest BCUT2D eigenvalue weighted by Gasteiger charge is 2.39. The molecular weight excluding hydrogens is 550 g/mol. The predicted octanol–water partition coefficient (Wildman–Crippen LogP) is 5.34. The van der Waals surface area contributed by atoms with Crippen LogP contribution in [0.15, 0.2) is 108 Å². The smallest absolute Gasteiger partial charge is 0.261 e. The van der Waals surface area contributed by atoms with Crippen LogP contribution in [-0.2, 0) is 32.5 Å². The number of pyridine rings is 1. The second-order valence-electron chi connectivity index (χ2n) is 10.7. The van der Waals surface area contributed by atoms with E-state index in [1.807, 2.05) is 54.7 Å². The highest BCUT2D eigenvalue weighted by atomic mass is 32.2. The third-order valence-electron chi connectivity index (χ3n) is 7.56. The van der Waals surface area contributed by atoms with Crippen LogP contribution in [0.25, 0.3) is 0 Å². The van der Waals surface area contributed by atoms with E-state index in [-0.39, 0.29) is 29.6 Å². The van der Waals surface area contributed by atoms with Gasteiger partial charge in [0, 0.05) is 48.6 Å². The van der Waals surface area contributed by atoms with Crippen molar-refractivity contribution in [3.05, 3.63) is 126 Å². The number of likely N-dealkylation sites (N-methyl/N-ethyl adjacent to an activating group) is 1. The molecule has 2 N–H and O–H groups in total. The molecule has 0 aliphatic carbocycles. The van der Waals surface area contributed by atoms with Crippen molar-refractivity contribution >= 4 is 15.7 Å². The first-order chi connectivity index (χ1) is 20.3. The first-order valence-electron chi connectivity index (χ1n) is 14.1. The molecule has 0 spiro atoms. The van der Waals surface area contributed by atoms with Gasteiger partial charge in [-0.2, -0.15) is 0 Å². The molecule has 4 aromatic rings. The maximum Gasteiger partial charge on any atom is 0.261 e. The largest absolute Gasteiger partial charge is 0.392 e. The Morgan fingerprint density at radius 1 is 0.905 bits per heavy atom. The fraction of sp³-hybridized carbons (Fsp3) is 0.303. The van der Waals surface area contributed by atoms with Crippen LogP contribution in [0.5, 0.6) is 0 Å². The Bertz CT molecular complexity index is 1540. The summed E-state index contributed by atoms with van der Waals surface area (Å²) in [6.07, 6.45) is 1.50. The number of hydrogen-bond acceptors (Lipinski definition) is 7. The molecule has 1 aromatic heterocycles. The van der Waals surface area contributed by atoms with Gasteiger partial charge in [0.05, 0.1) is 23.7 Å². The summed E-state index contributed by atoms with van der Waals surface area (Å²) in [5.41, 5.74) is 4.01. The minimum atomic E-state index is -3.75. The van der Waals surface area contributed by atoms with E-state index >= 15 is 0 Å². The molecule has 1 aliphatic rings. The van der Waals surface area contributed by atoms with E-state index in [0.717, 1.165) is 29.8 Å². The average Bonchev–Trinajstić information content (AvgIpc) is 3.02. The number of nitrogens with one attached hydrogen (secondary N) is 1. The molecule has 0 unspecified atom stereocenters. The van der Waals surface area contributed by atoms with Crippen LogP contribution >= 0.6 is 0 Å². The summed E-state index contributed by atoms with van der Waals surface area (Å²) in [5.74, 6) is 0.0262. The van der Waals surface area contributed by atoms with Gasteiger partial charge in [0.1, 0.15) is 0 Å². The monoisotopic (exact) mass is 587 g/mol. The lowest BCUT2D eigenvalue weighted by molar-refractivity contribution is -0.275. The molecule has 1 fully saturated rings. The lowest BCUT2D eigenvalue weighted by Crippen LogP contribution is -2.44. The molecule has 0 amide bonds. The number of benzene rings is 3. The van der Waals surface area contributed by atoms with Gasteiger partial charge in [-0.05, 0) is 54.6 Å². The van der Waals surface area contributed by atoms with Gasteiger partial charge >= 0.3 is 0 Å². The number of sulfonamides is 1. The van der Waals surface area contributed by atoms with Crippen LogP contribution in [0.2, 0.25) is 0 Å². The fourth-order valence-electron chi connectivity index (χ4n) is 5.14. The average molecular weight is 588 g/mol. The lowest BCUT2D eigenvalue weighted by Gasteiger charge is -2.42. The standard InChI is InChI=1S/C33H37N3O5S/c1-24-31(22-36(2)20-18-28-10-6-7-19-34-28)40-33(41-32(24)26-16-14-25(23-37)15-17-26)27-9-8-11-29(21-27)35-42(38,39)30-12-4-3-5-13-30/h3-17,19,21,24,31-33,35,37H,18,20,22-23H2,1-2H3/t24-,31+,32+,33+/m1/s1. The van der Waals surface area contributed by atoms with Gasteiger partial charge < -0.3 is 19.5 Å². The van der Waals surface area contributed by atoms with Gasteiger partial charge in [0.2, 0.25) is 0 Å². The first-order valence-corrected chi connectivity index (χ1v) is 15.6. The molecule has 0 bridgehead atoms. The Kier molecular flexibility index (Phi) is 9.66. The van der Waals surface area contributed by atoms with E-state index < -0.39 is 16.3 Å². The van der Waals surface area contributed by atoms with Gasteiger partial charge in [0.15, 0.2) is 6.29 Å². The molecule has 220 valence electrons. The topological polar surface area (TPSA) is 101 Å². The van der Waals surface area contributed by atoms with Crippen molar-refractivity contribution in [3.63, 3.8) is 0 Å². The number of rotatable bonds is 11. The van der Waals surface area contributed by atoms with E-state index in [1.54, 1.807) is 48.5 Å². The quantitative estimate of drug-likeness (QED) is 0.244. The number of anilines is 1. The maximum atomic E-state index is 13.0. The van der Waals surface area contributed by atoms with Crippen molar-refractivity contribution in [1.29, 1.82) is 0 Å². The maximum absolute atomic E-state index is 13.0. The van der Waals surface area contributed by atoms with Gasteiger partial charge in [-0.1, -0.05) is 67.6 Å². The second kappa shape index (κ2) is 13.6. The zero-order valence-corrected chi connectivity index (χ0v) is 24.7. The van der Waals surface area contributed by atoms with Crippen LogP contribution in [0.1, 0.15) is 41.7 Å². The summed E-state index contributed by atoms with van der Waals surface area (Å²) < 4.78 is 41.7. The van der Waals surface area contributed by atoms with Crippen molar-refractivity contribution < 1.29 is 23.0 Å². The van der Waals surface area contributed by atoms with E-state index in [0.29, 0.717) is 17.8 Å². The summed E-state index contributed by atoms with van der Waals surface area (Å²) in [7, 11) is -1.67. The summed E-state index contributed by atoms with van der Waals surface area (Å²) in [6.45, 7) is 3.60. The SMILES string of the molecule is C[C@@H]1[C@H](CN(C)CCc2ccccn2)O[C@H](c2cccc(NS(=O)(=O)c3ccccc3)c2)O[C@@H]1c1ccc(CO)cc1. The second-order valence-corrected chi connectivity index (χ2v) is 12.4. The minimum absolute atomic E-state index is 0.0253. The van der Waals surface area contributed by atoms with Crippen LogP contribution in [0, 0.1) is 5.92 Å². The molecule has 0 radical (unpaired) electrons. The van der Waals surface area contributed by atoms with Crippen LogP contribution in [-0.4, -0.2) is 49.6 Å². The van der Waals surface area contributed by atoms with E-state index in [1.165, 1.54) is 0 Å². The fourth-order valence-corrected chi connectivity index (χ4v) is 6.21. The molecule has 2 heterocycles.